The number of nitrogen functional groups attached to an aromatic ring is 1. The Morgan fingerprint density at radius 2 is 2.08 bits per heavy atom. The van der Waals surface area contributed by atoms with Crippen molar-refractivity contribution in [2.24, 2.45) is 0 Å². The number of pyridine rings is 2. The summed E-state index contributed by atoms with van der Waals surface area (Å²) in [5.74, 6) is -0.0256. The molecule has 0 atom stereocenters. The van der Waals surface area contributed by atoms with Gasteiger partial charge >= 0.3 is 0 Å². The van der Waals surface area contributed by atoms with E-state index in [1.807, 2.05) is 37.4 Å². The molecular formula is C19H18N4O. The number of hydrogen-bond donors (Lipinski definition) is 1. The van der Waals surface area contributed by atoms with Crippen LogP contribution in [0.5, 0.6) is 0 Å². The van der Waals surface area contributed by atoms with Crippen LogP contribution in [0.3, 0.4) is 0 Å². The molecule has 0 saturated heterocycles. The monoisotopic (exact) mass is 318 g/mol. The number of aryl methyl sites for hydroxylation is 1. The smallest absolute Gasteiger partial charge is 0.258 e. The number of amides is 1. The van der Waals surface area contributed by atoms with Crippen LogP contribution in [0.1, 0.15) is 28.5 Å². The van der Waals surface area contributed by atoms with Crippen molar-refractivity contribution in [3.8, 4) is 11.1 Å². The fraction of sp³-hybridized carbons (Fsp3) is 0.211. The zero-order valence-electron chi connectivity index (χ0n) is 13.7. The number of rotatable bonds is 2. The first-order valence-corrected chi connectivity index (χ1v) is 8.03. The maximum absolute atomic E-state index is 12.5. The summed E-state index contributed by atoms with van der Waals surface area (Å²) in [6.45, 7) is 5.18. The van der Waals surface area contributed by atoms with Crippen LogP contribution in [-0.4, -0.2) is 27.3 Å². The highest BCUT2D eigenvalue weighted by Gasteiger charge is 2.31. The zero-order valence-corrected chi connectivity index (χ0v) is 13.7. The Labute approximate surface area is 140 Å². The SMILES string of the molecule is CCN1Cc2nc3c(-c4cnccc4C)cccc3c(N)c2C1=O. The van der Waals surface area contributed by atoms with Crippen LogP contribution < -0.4 is 5.73 Å². The number of hydrogen-bond acceptors (Lipinski definition) is 4. The Kier molecular flexibility index (Phi) is 3.23. The average molecular weight is 318 g/mol. The molecule has 0 bridgehead atoms. The molecule has 2 N–H and O–H groups in total. The summed E-state index contributed by atoms with van der Waals surface area (Å²) >= 11 is 0. The van der Waals surface area contributed by atoms with Crippen LogP contribution >= 0.6 is 0 Å². The highest BCUT2D eigenvalue weighted by Crippen LogP contribution is 2.36. The summed E-state index contributed by atoms with van der Waals surface area (Å²) in [7, 11) is 0. The molecule has 0 saturated carbocycles. The quantitative estimate of drug-likeness (QED) is 0.788. The minimum Gasteiger partial charge on any atom is -0.397 e. The molecule has 2 aromatic heterocycles. The van der Waals surface area contributed by atoms with E-state index in [2.05, 4.69) is 11.9 Å². The molecule has 0 fully saturated rings. The van der Waals surface area contributed by atoms with Gasteiger partial charge in [-0.1, -0.05) is 18.2 Å². The lowest BCUT2D eigenvalue weighted by Crippen LogP contribution is -2.23. The Hall–Kier alpha value is -2.95. The fourth-order valence-electron chi connectivity index (χ4n) is 3.34. The van der Waals surface area contributed by atoms with E-state index >= 15 is 0 Å². The molecule has 1 aromatic carbocycles. The summed E-state index contributed by atoms with van der Waals surface area (Å²) < 4.78 is 0. The van der Waals surface area contributed by atoms with E-state index in [4.69, 9.17) is 10.7 Å². The first kappa shape index (κ1) is 14.6. The second-order valence-electron chi connectivity index (χ2n) is 6.06. The van der Waals surface area contributed by atoms with Gasteiger partial charge in [0.1, 0.15) is 0 Å². The molecule has 24 heavy (non-hydrogen) atoms. The molecule has 1 aliphatic heterocycles. The molecule has 0 radical (unpaired) electrons. The number of carbonyl (C=O) groups excluding carboxylic acids is 1. The Balaban J connectivity index is 2.03. The van der Waals surface area contributed by atoms with Gasteiger partial charge < -0.3 is 10.6 Å². The third-order valence-corrected chi connectivity index (χ3v) is 4.68. The number of aromatic nitrogens is 2. The van der Waals surface area contributed by atoms with Crippen LogP contribution in [0.15, 0.2) is 36.7 Å². The van der Waals surface area contributed by atoms with Gasteiger partial charge in [-0.2, -0.15) is 0 Å². The van der Waals surface area contributed by atoms with Crippen molar-refractivity contribution < 1.29 is 4.79 Å². The van der Waals surface area contributed by atoms with Crippen LogP contribution in [0.25, 0.3) is 22.0 Å². The number of nitrogens with zero attached hydrogens (tertiary/aromatic N) is 3. The van der Waals surface area contributed by atoms with E-state index in [0.29, 0.717) is 24.3 Å². The third-order valence-electron chi connectivity index (χ3n) is 4.68. The van der Waals surface area contributed by atoms with Crippen molar-refractivity contribution in [3.63, 3.8) is 0 Å². The molecule has 0 aliphatic carbocycles. The van der Waals surface area contributed by atoms with Gasteiger partial charge in [-0.25, -0.2) is 4.98 Å². The number of para-hydroxylation sites is 1. The van der Waals surface area contributed by atoms with Crippen LogP contribution in [0.2, 0.25) is 0 Å². The maximum atomic E-state index is 12.5. The molecule has 4 rings (SSSR count). The summed E-state index contributed by atoms with van der Waals surface area (Å²) in [6, 6.07) is 7.88. The van der Waals surface area contributed by atoms with Gasteiger partial charge in [0.15, 0.2) is 0 Å². The van der Waals surface area contributed by atoms with Crippen molar-refractivity contribution in [3.05, 3.63) is 53.5 Å². The van der Waals surface area contributed by atoms with Gasteiger partial charge in [0.25, 0.3) is 5.91 Å². The zero-order chi connectivity index (χ0) is 16.8. The van der Waals surface area contributed by atoms with Crippen molar-refractivity contribution in [2.45, 2.75) is 20.4 Å². The van der Waals surface area contributed by atoms with Crippen molar-refractivity contribution >= 4 is 22.5 Å². The highest BCUT2D eigenvalue weighted by molar-refractivity contribution is 6.11. The van der Waals surface area contributed by atoms with Crippen molar-refractivity contribution in [2.75, 3.05) is 12.3 Å². The molecule has 3 heterocycles. The Morgan fingerprint density at radius 3 is 2.83 bits per heavy atom. The molecule has 0 unspecified atom stereocenters. The first-order valence-electron chi connectivity index (χ1n) is 8.03. The largest absolute Gasteiger partial charge is 0.397 e. The predicted octanol–water partition coefficient (Wildman–Crippen LogP) is 3.16. The van der Waals surface area contributed by atoms with Crippen LogP contribution in [-0.2, 0) is 6.54 Å². The summed E-state index contributed by atoms with van der Waals surface area (Å²) in [4.78, 5) is 23.3. The van der Waals surface area contributed by atoms with Gasteiger partial charge in [-0.3, -0.25) is 9.78 Å². The van der Waals surface area contributed by atoms with Gasteiger partial charge in [-0.05, 0) is 25.5 Å². The molecule has 3 aromatic rings. The fourth-order valence-corrected chi connectivity index (χ4v) is 3.34. The lowest BCUT2D eigenvalue weighted by atomic mass is 9.98. The number of carbonyl (C=O) groups is 1. The minimum absolute atomic E-state index is 0.0256. The summed E-state index contributed by atoms with van der Waals surface area (Å²) in [5, 5.41) is 0.820. The minimum atomic E-state index is -0.0256. The van der Waals surface area contributed by atoms with E-state index in [1.165, 1.54) is 0 Å². The average Bonchev–Trinajstić information content (AvgIpc) is 2.91. The van der Waals surface area contributed by atoms with Gasteiger partial charge in [0, 0.05) is 35.5 Å². The van der Waals surface area contributed by atoms with Gasteiger partial charge in [-0.15, -0.1) is 0 Å². The van der Waals surface area contributed by atoms with E-state index in [-0.39, 0.29) is 5.91 Å². The standard InChI is InChI=1S/C19H18N4O/c1-3-23-10-15-16(19(23)24)17(20)13-6-4-5-12(18(13)22-15)14-9-21-8-7-11(14)2/h4-9H,3,10H2,1-2H3,(H2,20,22). The van der Waals surface area contributed by atoms with Crippen LogP contribution in [0.4, 0.5) is 5.69 Å². The Bertz CT molecular complexity index is 981. The number of benzene rings is 1. The summed E-state index contributed by atoms with van der Waals surface area (Å²) in [6.07, 6.45) is 3.62. The second kappa shape index (κ2) is 5.30. The van der Waals surface area contributed by atoms with Gasteiger partial charge in [0.05, 0.1) is 29.0 Å². The lowest BCUT2D eigenvalue weighted by molar-refractivity contribution is 0.0787. The van der Waals surface area contributed by atoms with E-state index < -0.39 is 0 Å². The molecule has 5 heteroatoms. The number of nitrogens with two attached hydrogens (primary N) is 1. The first-order chi connectivity index (χ1) is 11.6. The topological polar surface area (TPSA) is 72.1 Å². The molecule has 0 spiro atoms. The molecule has 1 amide bonds. The van der Waals surface area contributed by atoms with Gasteiger partial charge in [0.2, 0.25) is 0 Å². The molecule has 1 aliphatic rings. The highest BCUT2D eigenvalue weighted by atomic mass is 16.2. The van der Waals surface area contributed by atoms with Crippen molar-refractivity contribution in [1.29, 1.82) is 0 Å². The second-order valence-corrected chi connectivity index (χ2v) is 6.06. The number of anilines is 1. The van der Waals surface area contributed by atoms with E-state index in [1.54, 1.807) is 11.1 Å². The van der Waals surface area contributed by atoms with E-state index in [0.717, 1.165) is 33.3 Å². The predicted molar refractivity (Wildman–Crippen MR) is 94.5 cm³/mol. The van der Waals surface area contributed by atoms with Crippen molar-refractivity contribution in [1.82, 2.24) is 14.9 Å². The molecular weight excluding hydrogens is 300 g/mol. The van der Waals surface area contributed by atoms with Crippen LogP contribution in [0, 0.1) is 6.92 Å². The lowest BCUT2D eigenvalue weighted by Gasteiger charge is -2.12. The molecule has 120 valence electrons. The van der Waals surface area contributed by atoms with E-state index in [9.17, 15) is 4.79 Å². The third kappa shape index (κ3) is 1.98. The number of fused-ring (bicyclic) bond motifs is 2. The maximum Gasteiger partial charge on any atom is 0.258 e. The normalized spacial score (nSPS) is 13.6. The summed E-state index contributed by atoms with van der Waals surface area (Å²) in [5.41, 5.74) is 12.2. The Morgan fingerprint density at radius 1 is 1.25 bits per heavy atom. The molecule has 5 nitrogen and oxygen atoms in total.